The number of hydrogen-bond donors (Lipinski definition) is 2. The van der Waals surface area contributed by atoms with Gasteiger partial charge in [0.2, 0.25) is 0 Å². The molecule has 0 spiro atoms. The second kappa shape index (κ2) is 7.30. The number of rotatable bonds is 6. The van der Waals surface area contributed by atoms with Crippen molar-refractivity contribution in [2.24, 2.45) is 0 Å². The van der Waals surface area contributed by atoms with Gasteiger partial charge in [-0.25, -0.2) is 4.79 Å². The van der Waals surface area contributed by atoms with Crippen molar-refractivity contribution >= 4 is 17.6 Å². The second-order valence-electron chi connectivity index (χ2n) is 5.45. The third-order valence-corrected chi connectivity index (χ3v) is 3.95. The Bertz CT molecular complexity index is 911. The van der Waals surface area contributed by atoms with Gasteiger partial charge in [-0.05, 0) is 24.3 Å². The Morgan fingerprint density at radius 1 is 1.15 bits per heavy atom. The van der Waals surface area contributed by atoms with Crippen molar-refractivity contribution in [1.29, 1.82) is 0 Å². The van der Waals surface area contributed by atoms with Crippen molar-refractivity contribution in [2.45, 2.75) is 6.23 Å². The van der Waals surface area contributed by atoms with Gasteiger partial charge in [0, 0.05) is 23.3 Å². The summed E-state index contributed by atoms with van der Waals surface area (Å²) in [5.41, 5.74) is 5.78. The predicted octanol–water partition coefficient (Wildman–Crippen LogP) is 1.72. The highest BCUT2D eigenvalue weighted by Gasteiger charge is 2.36. The van der Waals surface area contributed by atoms with E-state index in [0.29, 0.717) is 11.3 Å². The van der Waals surface area contributed by atoms with E-state index < -0.39 is 23.0 Å². The van der Waals surface area contributed by atoms with Gasteiger partial charge in [0.1, 0.15) is 5.56 Å². The topological polar surface area (TPSA) is 129 Å². The molecule has 2 aromatic carbocycles. The average molecular weight is 373 g/mol. The lowest BCUT2D eigenvalue weighted by molar-refractivity contribution is -0.384. The first-order valence-corrected chi connectivity index (χ1v) is 7.72. The summed E-state index contributed by atoms with van der Waals surface area (Å²) < 4.78 is 15.6. The molecule has 0 aliphatic carbocycles. The van der Waals surface area contributed by atoms with Gasteiger partial charge in [0.25, 0.3) is 11.6 Å². The maximum Gasteiger partial charge on any atom is 0.344 e. The predicted molar refractivity (Wildman–Crippen MR) is 91.4 cm³/mol. The van der Waals surface area contributed by atoms with E-state index in [9.17, 15) is 19.7 Å². The summed E-state index contributed by atoms with van der Waals surface area (Å²) in [7, 11) is 2.85. The van der Waals surface area contributed by atoms with E-state index in [0.717, 1.165) is 0 Å². The zero-order valence-electron chi connectivity index (χ0n) is 14.3. The van der Waals surface area contributed by atoms with Crippen molar-refractivity contribution in [3.05, 3.63) is 63.2 Å². The molecule has 2 N–H and O–H groups in total. The van der Waals surface area contributed by atoms with Crippen molar-refractivity contribution in [3.8, 4) is 11.5 Å². The maximum atomic E-state index is 12.2. The lowest BCUT2D eigenvalue weighted by Crippen LogP contribution is -2.40. The number of amides is 1. The molecular weight excluding hydrogens is 358 g/mol. The summed E-state index contributed by atoms with van der Waals surface area (Å²) in [5, 5.41) is 10.7. The monoisotopic (exact) mass is 373 g/mol. The molecule has 1 amide bonds. The number of carbonyl (C=O) groups excluding carboxylic acids is 2. The van der Waals surface area contributed by atoms with E-state index in [2.05, 4.69) is 10.9 Å². The lowest BCUT2D eigenvalue weighted by atomic mass is 10.1. The number of fused-ring (bicyclic) bond motifs is 1. The fourth-order valence-corrected chi connectivity index (χ4v) is 2.65. The Balaban J connectivity index is 1.74. The van der Waals surface area contributed by atoms with Crippen LogP contribution in [0.25, 0.3) is 0 Å². The lowest BCUT2D eigenvalue weighted by Gasteiger charge is -2.14. The summed E-state index contributed by atoms with van der Waals surface area (Å²) >= 11 is 0. The van der Waals surface area contributed by atoms with E-state index in [-0.39, 0.29) is 22.6 Å². The third-order valence-electron chi connectivity index (χ3n) is 3.95. The molecule has 2 aromatic rings. The molecule has 10 heteroatoms. The van der Waals surface area contributed by atoms with Gasteiger partial charge in [-0.1, -0.05) is 0 Å². The highest BCUT2D eigenvalue weighted by Crippen LogP contribution is 2.40. The van der Waals surface area contributed by atoms with E-state index in [4.69, 9.17) is 14.2 Å². The summed E-state index contributed by atoms with van der Waals surface area (Å²) in [6.07, 6.45) is -0.922. The molecule has 140 valence electrons. The van der Waals surface area contributed by atoms with E-state index in [1.165, 1.54) is 38.5 Å². The van der Waals surface area contributed by atoms with Crippen LogP contribution in [0.1, 0.15) is 32.5 Å². The number of cyclic esters (lactones) is 1. The molecule has 0 fully saturated rings. The summed E-state index contributed by atoms with van der Waals surface area (Å²) in [6, 6.07) is 8.31. The van der Waals surface area contributed by atoms with Crippen LogP contribution in [0.5, 0.6) is 11.5 Å². The first-order chi connectivity index (χ1) is 13.0. The molecule has 0 bridgehead atoms. The minimum atomic E-state index is -0.922. The standard InChI is InChI=1S/C17H15N3O7/c1-25-12-8-7-11-13(14(12)26-2)17(22)27-16(11)19-18-15(21)9-3-5-10(6-4-9)20(23)24/h3-8,16,19H,1-2H3,(H,18,21)/t16-/m0/s1. The number of hydrazine groups is 1. The number of carbonyl (C=O) groups is 2. The summed E-state index contributed by atoms with van der Waals surface area (Å²) in [5.74, 6) is -0.549. The summed E-state index contributed by atoms with van der Waals surface area (Å²) in [6.45, 7) is 0. The zero-order chi connectivity index (χ0) is 19.6. The van der Waals surface area contributed by atoms with Gasteiger partial charge in [-0.15, -0.1) is 0 Å². The van der Waals surface area contributed by atoms with E-state index >= 15 is 0 Å². The number of ether oxygens (including phenoxy) is 3. The third kappa shape index (κ3) is 3.37. The minimum absolute atomic E-state index is 0.126. The van der Waals surface area contributed by atoms with Crippen LogP contribution < -0.4 is 20.3 Å². The van der Waals surface area contributed by atoms with Gasteiger partial charge in [0.15, 0.2) is 17.7 Å². The summed E-state index contributed by atoms with van der Waals surface area (Å²) in [4.78, 5) is 34.4. The Labute approximate surface area is 153 Å². The molecule has 3 rings (SSSR count). The molecule has 0 unspecified atom stereocenters. The van der Waals surface area contributed by atoms with E-state index in [1.54, 1.807) is 12.1 Å². The largest absolute Gasteiger partial charge is 0.493 e. The normalized spacial score (nSPS) is 14.9. The van der Waals surface area contributed by atoms with Crippen LogP contribution in [0.3, 0.4) is 0 Å². The number of non-ortho nitro benzene ring substituents is 1. The second-order valence-corrected chi connectivity index (χ2v) is 5.45. The molecule has 0 aromatic heterocycles. The van der Waals surface area contributed by atoms with Crippen molar-refractivity contribution in [2.75, 3.05) is 14.2 Å². The van der Waals surface area contributed by atoms with Gasteiger partial charge < -0.3 is 14.2 Å². The van der Waals surface area contributed by atoms with Crippen molar-refractivity contribution < 1.29 is 28.7 Å². The number of esters is 1. The molecule has 0 saturated heterocycles. The number of nitro groups is 1. The molecular formula is C17H15N3O7. The molecule has 0 saturated carbocycles. The Hall–Kier alpha value is -3.66. The number of benzene rings is 2. The first-order valence-electron chi connectivity index (χ1n) is 7.72. The maximum absolute atomic E-state index is 12.2. The fourth-order valence-electron chi connectivity index (χ4n) is 2.65. The quantitative estimate of drug-likeness (QED) is 0.445. The Morgan fingerprint density at radius 2 is 1.85 bits per heavy atom. The molecule has 10 nitrogen and oxygen atoms in total. The van der Waals surface area contributed by atoms with E-state index in [1.807, 2.05) is 0 Å². The fraction of sp³-hybridized carbons (Fsp3) is 0.176. The highest BCUT2D eigenvalue weighted by molar-refractivity contribution is 5.98. The number of nitrogens with zero attached hydrogens (tertiary/aromatic N) is 1. The minimum Gasteiger partial charge on any atom is -0.493 e. The molecule has 0 radical (unpaired) electrons. The SMILES string of the molecule is COc1ccc2c(c1OC)C(=O)O[C@@H]2NNC(=O)c1ccc([N+](=O)[O-])cc1. The molecule has 1 aliphatic heterocycles. The van der Waals surface area contributed by atoms with Crippen LogP contribution in [0.4, 0.5) is 5.69 Å². The zero-order valence-corrected chi connectivity index (χ0v) is 14.3. The highest BCUT2D eigenvalue weighted by atomic mass is 16.6. The van der Waals surface area contributed by atoms with Gasteiger partial charge in [-0.2, -0.15) is 5.43 Å². The van der Waals surface area contributed by atoms with Gasteiger partial charge >= 0.3 is 5.97 Å². The van der Waals surface area contributed by atoms with Gasteiger partial charge in [0.05, 0.1) is 19.1 Å². The molecule has 1 atom stereocenters. The number of hydrogen-bond acceptors (Lipinski definition) is 8. The molecule has 27 heavy (non-hydrogen) atoms. The van der Waals surface area contributed by atoms with Gasteiger partial charge in [-0.3, -0.25) is 20.3 Å². The Kier molecular flexibility index (Phi) is 4.90. The molecule has 1 heterocycles. The average Bonchev–Trinajstić information content (AvgIpc) is 3.01. The van der Waals surface area contributed by atoms with Crippen LogP contribution >= 0.6 is 0 Å². The van der Waals surface area contributed by atoms with Crippen LogP contribution in [0, 0.1) is 10.1 Å². The smallest absolute Gasteiger partial charge is 0.344 e. The van der Waals surface area contributed by atoms with Crippen LogP contribution in [-0.4, -0.2) is 31.0 Å². The number of nitro benzene ring substituents is 1. The first kappa shape index (κ1) is 18.1. The Morgan fingerprint density at radius 3 is 2.44 bits per heavy atom. The number of nitrogens with one attached hydrogen (secondary N) is 2. The molecule has 1 aliphatic rings. The number of methoxy groups -OCH3 is 2. The van der Waals surface area contributed by atoms with Crippen LogP contribution in [-0.2, 0) is 4.74 Å². The van der Waals surface area contributed by atoms with Crippen molar-refractivity contribution in [3.63, 3.8) is 0 Å². The van der Waals surface area contributed by atoms with Crippen LogP contribution in [0.2, 0.25) is 0 Å². The van der Waals surface area contributed by atoms with Crippen molar-refractivity contribution in [1.82, 2.24) is 10.9 Å². The van der Waals surface area contributed by atoms with Crippen LogP contribution in [0.15, 0.2) is 36.4 Å².